The van der Waals surface area contributed by atoms with E-state index in [4.69, 9.17) is 33.7 Å². The molecule has 0 amide bonds. The number of nitrogens with two attached hydrogens (primary N) is 1. The second-order valence-corrected chi connectivity index (χ2v) is 7.53. The second-order valence-electron chi connectivity index (χ2n) is 6.66. The van der Waals surface area contributed by atoms with Crippen LogP contribution in [0.5, 0.6) is 0 Å². The summed E-state index contributed by atoms with van der Waals surface area (Å²) in [4.78, 5) is 0. The van der Waals surface area contributed by atoms with E-state index in [1.807, 2.05) is 54.6 Å². The van der Waals surface area contributed by atoms with E-state index in [0.717, 1.165) is 28.0 Å². The van der Waals surface area contributed by atoms with Crippen molar-refractivity contribution in [3.63, 3.8) is 0 Å². The minimum atomic E-state index is -0.271. The highest BCUT2D eigenvalue weighted by atomic mass is 35.5. The fourth-order valence-electron chi connectivity index (χ4n) is 3.56. The maximum absolute atomic E-state index is 9.70. The Morgan fingerprint density at radius 1 is 1.04 bits per heavy atom. The van der Waals surface area contributed by atoms with Crippen LogP contribution >= 0.6 is 23.2 Å². The van der Waals surface area contributed by atoms with Gasteiger partial charge in [-0.1, -0.05) is 47.5 Å². The van der Waals surface area contributed by atoms with Gasteiger partial charge in [0, 0.05) is 28.7 Å². The van der Waals surface area contributed by atoms with Gasteiger partial charge in [-0.15, -0.1) is 0 Å². The van der Waals surface area contributed by atoms with Crippen LogP contribution in [-0.4, -0.2) is 13.1 Å². The zero-order valence-electron chi connectivity index (χ0n) is 14.9. The molecule has 2 aromatic rings. The number of rotatable bonds is 2. The van der Waals surface area contributed by atoms with Crippen LogP contribution in [0.2, 0.25) is 10.0 Å². The molecule has 1 atom stereocenters. The van der Waals surface area contributed by atoms with E-state index in [1.165, 1.54) is 0 Å². The molecule has 0 saturated heterocycles. The van der Waals surface area contributed by atoms with Gasteiger partial charge in [-0.2, -0.15) is 5.26 Å². The summed E-state index contributed by atoms with van der Waals surface area (Å²) in [6.07, 6.45) is 2.04. The van der Waals surface area contributed by atoms with Gasteiger partial charge < -0.3 is 15.8 Å². The lowest BCUT2D eigenvalue weighted by Gasteiger charge is -2.33. The van der Waals surface area contributed by atoms with Gasteiger partial charge in [-0.05, 0) is 47.0 Å². The third-order valence-electron chi connectivity index (χ3n) is 4.86. The molecule has 3 N–H and O–H groups in total. The predicted octanol–water partition coefficient (Wildman–Crippen LogP) is 4.74. The number of benzene rings is 2. The van der Waals surface area contributed by atoms with Crippen LogP contribution in [0.4, 0.5) is 0 Å². The normalized spacial score (nSPS) is 20.6. The van der Waals surface area contributed by atoms with Gasteiger partial charge in [0.2, 0.25) is 5.88 Å². The van der Waals surface area contributed by atoms with E-state index in [-0.39, 0.29) is 11.8 Å². The Hall–Kier alpha value is -2.71. The average Bonchev–Trinajstić information content (AvgIpc) is 2.70. The van der Waals surface area contributed by atoms with Crippen molar-refractivity contribution >= 4 is 29.3 Å². The summed E-state index contributed by atoms with van der Waals surface area (Å²) in [5, 5.41) is 14.4. The molecule has 2 heterocycles. The molecule has 6 heteroatoms. The van der Waals surface area contributed by atoms with Gasteiger partial charge in [-0.3, -0.25) is 0 Å². The molecule has 0 spiro atoms. The molecule has 2 aromatic carbocycles. The highest BCUT2D eigenvalue weighted by Gasteiger charge is 2.35. The average molecular weight is 410 g/mol. The van der Waals surface area contributed by atoms with Gasteiger partial charge in [0.25, 0.3) is 0 Å². The monoisotopic (exact) mass is 409 g/mol. The summed E-state index contributed by atoms with van der Waals surface area (Å²) in [5.41, 5.74) is 10.5. The molecule has 0 aromatic heterocycles. The number of ether oxygens (including phenoxy) is 1. The molecule has 2 aliphatic rings. The first kappa shape index (κ1) is 18.6. The Bertz CT molecular complexity index is 1040. The molecule has 28 heavy (non-hydrogen) atoms. The third-order valence-corrected chi connectivity index (χ3v) is 5.37. The molecule has 4 nitrogen and oxygen atoms in total. The molecule has 0 radical (unpaired) electrons. The van der Waals surface area contributed by atoms with E-state index in [0.29, 0.717) is 28.7 Å². The fraction of sp³-hybridized carbons (Fsp3) is 0.136. The van der Waals surface area contributed by atoms with Gasteiger partial charge >= 0.3 is 0 Å². The van der Waals surface area contributed by atoms with Crippen LogP contribution in [0.25, 0.3) is 6.08 Å². The number of allylic oxidation sites excluding steroid dienone is 1. The van der Waals surface area contributed by atoms with Crippen LogP contribution in [0, 0.1) is 11.3 Å². The fourth-order valence-corrected chi connectivity index (χ4v) is 3.82. The van der Waals surface area contributed by atoms with Crippen LogP contribution in [0.15, 0.2) is 76.9 Å². The van der Waals surface area contributed by atoms with E-state index in [2.05, 4.69) is 11.4 Å². The molecule has 4 rings (SSSR count). The largest absolute Gasteiger partial charge is 0.440 e. The molecule has 1 unspecified atom stereocenters. The van der Waals surface area contributed by atoms with Crippen molar-refractivity contribution in [2.75, 3.05) is 13.1 Å². The van der Waals surface area contributed by atoms with Crippen molar-refractivity contribution in [1.82, 2.24) is 5.32 Å². The first-order valence-electron chi connectivity index (χ1n) is 8.80. The second kappa shape index (κ2) is 7.73. The van der Waals surface area contributed by atoms with Gasteiger partial charge in [0.15, 0.2) is 0 Å². The first-order valence-corrected chi connectivity index (χ1v) is 9.55. The predicted molar refractivity (Wildman–Crippen MR) is 111 cm³/mol. The maximum Gasteiger partial charge on any atom is 0.205 e. The highest BCUT2D eigenvalue weighted by molar-refractivity contribution is 6.30. The lowest BCUT2D eigenvalue weighted by Crippen LogP contribution is -2.34. The minimum Gasteiger partial charge on any atom is -0.440 e. The number of nitriles is 1. The van der Waals surface area contributed by atoms with Gasteiger partial charge in [0.1, 0.15) is 17.4 Å². The van der Waals surface area contributed by atoms with Crippen LogP contribution < -0.4 is 11.1 Å². The number of halogens is 2. The van der Waals surface area contributed by atoms with Crippen LogP contribution in [0.1, 0.15) is 17.0 Å². The summed E-state index contributed by atoms with van der Waals surface area (Å²) in [7, 11) is 0. The van der Waals surface area contributed by atoms with E-state index >= 15 is 0 Å². The summed E-state index contributed by atoms with van der Waals surface area (Å²) in [6, 6.07) is 17.3. The molecular weight excluding hydrogens is 393 g/mol. The standard InChI is InChI=1S/C22H17Cl2N3O/c23-16-5-1-13(2-6-16)9-15-11-27-12-19-20(14-3-7-17(24)8-4-14)18(10-25)22(26)28-21(15)19/h1-9,20,27H,11-12,26H2/b15-9+. The van der Waals surface area contributed by atoms with E-state index in [1.54, 1.807) is 0 Å². The molecule has 0 bridgehead atoms. The number of hydrogen-bond donors (Lipinski definition) is 2. The van der Waals surface area contributed by atoms with E-state index in [9.17, 15) is 5.26 Å². The minimum absolute atomic E-state index is 0.144. The van der Waals surface area contributed by atoms with Crippen molar-refractivity contribution in [2.45, 2.75) is 5.92 Å². The van der Waals surface area contributed by atoms with Crippen LogP contribution in [0.3, 0.4) is 0 Å². The number of hydrogen-bond acceptors (Lipinski definition) is 4. The summed E-state index contributed by atoms with van der Waals surface area (Å²) < 4.78 is 5.93. The zero-order chi connectivity index (χ0) is 19.7. The third kappa shape index (κ3) is 3.53. The molecular formula is C22H17Cl2N3O. The van der Waals surface area contributed by atoms with E-state index < -0.39 is 0 Å². The smallest absolute Gasteiger partial charge is 0.205 e. The Labute approximate surface area is 173 Å². The maximum atomic E-state index is 9.70. The highest BCUT2D eigenvalue weighted by Crippen LogP contribution is 2.42. The Morgan fingerprint density at radius 3 is 2.32 bits per heavy atom. The van der Waals surface area contributed by atoms with Crippen molar-refractivity contribution in [3.8, 4) is 6.07 Å². The van der Waals surface area contributed by atoms with Gasteiger partial charge in [0.05, 0.1) is 5.92 Å². The van der Waals surface area contributed by atoms with Crippen molar-refractivity contribution in [1.29, 1.82) is 5.26 Å². The summed E-state index contributed by atoms with van der Waals surface area (Å²) in [6.45, 7) is 1.25. The first-order chi connectivity index (χ1) is 13.6. The lowest BCUT2D eigenvalue weighted by molar-refractivity contribution is 0.279. The quantitative estimate of drug-likeness (QED) is 0.750. The van der Waals surface area contributed by atoms with Gasteiger partial charge in [-0.25, -0.2) is 0 Å². The summed E-state index contributed by atoms with van der Waals surface area (Å²) in [5.74, 6) is 0.600. The molecule has 140 valence electrons. The molecule has 0 aliphatic carbocycles. The molecule has 2 aliphatic heterocycles. The Balaban J connectivity index is 1.82. The van der Waals surface area contributed by atoms with Crippen LogP contribution in [-0.2, 0) is 4.74 Å². The summed E-state index contributed by atoms with van der Waals surface area (Å²) >= 11 is 12.0. The Kier molecular flexibility index (Phi) is 5.15. The van der Waals surface area contributed by atoms with Crippen molar-refractivity contribution in [3.05, 3.63) is 98.1 Å². The Morgan fingerprint density at radius 2 is 1.68 bits per heavy atom. The number of nitrogens with one attached hydrogen (secondary N) is 1. The molecule has 0 saturated carbocycles. The number of nitrogens with zero attached hydrogens (tertiary/aromatic N) is 1. The van der Waals surface area contributed by atoms with Crippen molar-refractivity contribution in [2.24, 2.45) is 5.73 Å². The molecule has 0 fully saturated rings. The lowest BCUT2D eigenvalue weighted by atomic mass is 9.80. The topological polar surface area (TPSA) is 71.1 Å². The zero-order valence-corrected chi connectivity index (χ0v) is 16.4. The SMILES string of the molecule is N#CC1=C(N)OC2=C(CNC/C2=C\c2ccc(Cl)cc2)C1c1ccc(Cl)cc1. The van der Waals surface area contributed by atoms with Crippen molar-refractivity contribution < 1.29 is 4.74 Å².